The molecule has 138 valence electrons. The van der Waals surface area contributed by atoms with Crippen molar-refractivity contribution in [2.24, 2.45) is 5.92 Å². The van der Waals surface area contributed by atoms with Crippen molar-refractivity contribution in [2.45, 2.75) is 77.3 Å². The molecular formula is C22H34N2O. The number of carbonyl (C=O) groups is 1. The lowest BCUT2D eigenvalue weighted by Crippen LogP contribution is -2.43. The third-order valence-corrected chi connectivity index (χ3v) is 5.90. The van der Waals surface area contributed by atoms with Crippen LogP contribution in [-0.4, -0.2) is 29.9 Å². The molecule has 1 saturated carbocycles. The molecule has 1 heterocycles. The molecule has 0 unspecified atom stereocenters. The highest BCUT2D eigenvalue weighted by molar-refractivity contribution is 5.79. The van der Waals surface area contributed by atoms with Crippen LogP contribution < -0.4 is 5.32 Å². The van der Waals surface area contributed by atoms with Gasteiger partial charge in [0.1, 0.15) is 0 Å². The smallest absolute Gasteiger partial charge is 0.223 e. The average Bonchev–Trinajstić information content (AvgIpc) is 2.58. The molecule has 1 aliphatic heterocycles. The van der Waals surface area contributed by atoms with Gasteiger partial charge in [0, 0.05) is 18.5 Å². The van der Waals surface area contributed by atoms with Crippen molar-refractivity contribution in [1.82, 2.24) is 10.2 Å². The SMILES string of the molecule is Cc1cccc(CN2CCC(C(=O)NC3CCCCCCC3)CC2)c1. The average molecular weight is 343 g/mol. The van der Waals surface area contributed by atoms with E-state index < -0.39 is 0 Å². The first kappa shape index (κ1) is 18.4. The lowest BCUT2D eigenvalue weighted by Gasteiger charge is -2.32. The van der Waals surface area contributed by atoms with Gasteiger partial charge in [-0.2, -0.15) is 0 Å². The third-order valence-electron chi connectivity index (χ3n) is 5.90. The fourth-order valence-electron chi connectivity index (χ4n) is 4.34. The molecule has 25 heavy (non-hydrogen) atoms. The highest BCUT2D eigenvalue weighted by Crippen LogP contribution is 2.22. The maximum atomic E-state index is 12.6. The first-order valence-electron chi connectivity index (χ1n) is 10.3. The van der Waals surface area contributed by atoms with Gasteiger partial charge in [-0.25, -0.2) is 0 Å². The number of likely N-dealkylation sites (tertiary alicyclic amines) is 1. The summed E-state index contributed by atoms with van der Waals surface area (Å²) in [6, 6.07) is 9.20. The molecule has 0 radical (unpaired) electrons. The van der Waals surface area contributed by atoms with Crippen LogP contribution in [0.1, 0.15) is 68.9 Å². The lowest BCUT2D eigenvalue weighted by atomic mass is 9.93. The number of nitrogens with zero attached hydrogens (tertiary/aromatic N) is 1. The second-order valence-electron chi connectivity index (χ2n) is 8.09. The van der Waals surface area contributed by atoms with Gasteiger partial charge in [0.05, 0.1) is 0 Å². The van der Waals surface area contributed by atoms with Gasteiger partial charge in [-0.1, -0.05) is 61.9 Å². The molecule has 3 rings (SSSR count). The van der Waals surface area contributed by atoms with Gasteiger partial charge in [0.15, 0.2) is 0 Å². The molecule has 0 bridgehead atoms. The fourth-order valence-corrected chi connectivity index (χ4v) is 4.34. The van der Waals surface area contributed by atoms with Crippen LogP contribution >= 0.6 is 0 Å². The number of piperidine rings is 1. The molecule has 2 fully saturated rings. The Morgan fingerprint density at radius 2 is 1.72 bits per heavy atom. The van der Waals surface area contributed by atoms with Crippen LogP contribution in [0, 0.1) is 12.8 Å². The number of benzene rings is 1. The third kappa shape index (κ3) is 5.85. The zero-order chi connectivity index (χ0) is 17.5. The Labute approximate surface area is 153 Å². The van der Waals surface area contributed by atoms with E-state index in [0.29, 0.717) is 11.9 Å². The Kier molecular flexibility index (Phi) is 6.92. The van der Waals surface area contributed by atoms with E-state index in [-0.39, 0.29) is 5.92 Å². The van der Waals surface area contributed by atoms with Crippen molar-refractivity contribution < 1.29 is 4.79 Å². The Balaban J connectivity index is 1.42. The summed E-state index contributed by atoms with van der Waals surface area (Å²) in [5.74, 6) is 0.542. The summed E-state index contributed by atoms with van der Waals surface area (Å²) in [6.07, 6.45) is 11.0. The summed E-state index contributed by atoms with van der Waals surface area (Å²) >= 11 is 0. The molecule has 1 saturated heterocycles. The molecule has 0 aromatic heterocycles. The Morgan fingerprint density at radius 3 is 2.40 bits per heavy atom. The van der Waals surface area contributed by atoms with Crippen LogP contribution in [0.5, 0.6) is 0 Å². The highest BCUT2D eigenvalue weighted by Gasteiger charge is 2.26. The van der Waals surface area contributed by atoms with Gasteiger partial charge < -0.3 is 5.32 Å². The van der Waals surface area contributed by atoms with Crippen molar-refractivity contribution in [3.63, 3.8) is 0 Å². The monoisotopic (exact) mass is 342 g/mol. The Morgan fingerprint density at radius 1 is 1.04 bits per heavy atom. The molecule has 1 amide bonds. The molecule has 1 aromatic carbocycles. The molecule has 0 atom stereocenters. The Bertz CT molecular complexity index is 541. The number of nitrogens with one attached hydrogen (secondary N) is 1. The topological polar surface area (TPSA) is 32.3 Å². The summed E-state index contributed by atoms with van der Waals surface area (Å²) in [4.78, 5) is 15.1. The van der Waals surface area contributed by atoms with Gasteiger partial charge in [0.2, 0.25) is 5.91 Å². The fraction of sp³-hybridized carbons (Fsp3) is 0.682. The maximum absolute atomic E-state index is 12.6. The lowest BCUT2D eigenvalue weighted by molar-refractivity contribution is -0.127. The van der Waals surface area contributed by atoms with Crippen molar-refractivity contribution >= 4 is 5.91 Å². The molecular weight excluding hydrogens is 308 g/mol. The van der Waals surface area contributed by atoms with Crippen LogP contribution in [0.4, 0.5) is 0 Å². The zero-order valence-corrected chi connectivity index (χ0v) is 15.8. The predicted octanol–water partition coefficient (Wildman–Crippen LogP) is 4.44. The second kappa shape index (κ2) is 9.38. The van der Waals surface area contributed by atoms with Crippen LogP contribution in [0.2, 0.25) is 0 Å². The molecule has 1 aromatic rings. The van der Waals surface area contributed by atoms with E-state index in [2.05, 4.69) is 41.4 Å². The highest BCUT2D eigenvalue weighted by atomic mass is 16.1. The van der Waals surface area contributed by atoms with E-state index in [4.69, 9.17) is 0 Å². The van der Waals surface area contributed by atoms with E-state index in [1.54, 1.807) is 0 Å². The van der Waals surface area contributed by atoms with Crippen molar-refractivity contribution in [2.75, 3.05) is 13.1 Å². The van der Waals surface area contributed by atoms with E-state index in [1.807, 2.05) is 0 Å². The quantitative estimate of drug-likeness (QED) is 0.877. The second-order valence-corrected chi connectivity index (χ2v) is 8.09. The molecule has 1 aliphatic carbocycles. The minimum absolute atomic E-state index is 0.221. The van der Waals surface area contributed by atoms with Gasteiger partial charge in [0.25, 0.3) is 0 Å². The first-order valence-corrected chi connectivity index (χ1v) is 10.3. The van der Waals surface area contributed by atoms with E-state index in [0.717, 1.165) is 32.5 Å². The largest absolute Gasteiger partial charge is 0.353 e. The van der Waals surface area contributed by atoms with Crippen LogP contribution in [-0.2, 0) is 11.3 Å². The molecule has 0 spiro atoms. The van der Waals surface area contributed by atoms with Gasteiger partial charge in [-0.3, -0.25) is 9.69 Å². The normalized spacial score (nSPS) is 21.5. The van der Waals surface area contributed by atoms with Crippen LogP contribution in [0.25, 0.3) is 0 Å². The van der Waals surface area contributed by atoms with Crippen LogP contribution in [0.15, 0.2) is 24.3 Å². The number of aryl methyl sites for hydroxylation is 1. The number of amides is 1. The molecule has 1 N–H and O–H groups in total. The summed E-state index contributed by atoms with van der Waals surface area (Å²) in [5, 5.41) is 3.37. The first-order chi connectivity index (χ1) is 12.2. The standard InChI is InChI=1S/C22H34N2O/c1-18-8-7-9-19(16-18)17-24-14-12-20(13-15-24)22(25)23-21-10-5-3-2-4-6-11-21/h7-9,16,20-21H,2-6,10-15,17H2,1H3,(H,23,25). The minimum atomic E-state index is 0.221. The minimum Gasteiger partial charge on any atom is -0.353 e. The number of hydrogen-bond donors (Lipinski definition) is 1. The van der Waals surface area contributed by atoms with Gasteiger partial charge in [-0.05, 0) is 51.3 Å². The summed E-state index contributed by atoms with van der Waals surface area (Å²) in [7, 11) is 0. The number of hydrogen-bond acceptors (Lipinski definition) is 2. The predicted molar refractivity (Wildman–Crippen MR) is 103 cm³/mol. The molecule has 3 heteroatoms. The van der Waals surface area contributed by atoms with Crippen molar-refractivity contribution in [3.8, 4) is 0 Å². The van der Waals surface area contributed by atoms with E-state index in [9.17, 15) is 4.79 Å². The Hall–Kier alpha value is -1.35. The van der Waals surface area contributed by atoms with Gasteiger partial charge >= 0.3 is 0 Å². The zero-order valence-electron chi connectivity index (χ0n) is 15.8. The van der Waals surface area contributed by atoms with Crippen LogP contribution in [0.3, 0.4) is 0 Å². The van der Waals surface area contributed by atoms with Crippen molar-refractivity contribution in [3.05, 3.63) is 35.4 Å². The number of carbonyl (C=O) groups excluding carboxylic acids is 1. The molecule has 3 nitrogen and oxygen atoms in total. The summed E-state index contributed by atoms with van der Waals surface area (Å²) < 4.78 is 0. The van der Waals surface area contributed by atoms with E-state index in [1.165, 1.54) is 56.1 Å². The maximum Gasteiger partial charge on any atom is 0.223 e. The van der Waals surface area contributed by atoms with E-state index >= 15 is 0 Å². The van der Waals surface area contributed by atoms with Gasteiger partial charge in [-0.15, -0.1) is 0 Å². The summed E-state index contributed by atoms with van der Waals surface area (Å²) in [5.41, 5.74) is 2.71. The number of rotatable bonds is 4. The van der Waals surface area contributed by atoms with Crippen molar-refractivity contribution in [1.29, 1.82) is 0 Å². The summed E-state index contributed by atoms with van der Waals surface area (Å²) in [6.45, 7) is 5.24. The molecule has 2 aliphatic rings.